The van der Waals surface area contributed by atoms with E-state index in [1.165, 1.54) is 18.9 Å². The van der Waals surface area contributed by atoms with Gasteiger partial charge >= 0.3 is 0 Å². The maximum atomic E-state index is 13.7. The molecule has 0 saturated heterocycles. The molecule has 0 radical (unpaired) electrons. The molecule has 9 nitrogen and oxygen atoms in total. The fourth-order valence-electron chi connectivity index (χ4n) is 5.23. The minimum Gasteiger partial charge on any atom is -0.434 e. The average Bonchev–Trinajstić information content (AvgIpc) is 3.66. The van der Waals surface area contributed by atoms with Crippen LogP contribution in [0.25, 0.3) is 11.1 Å². The van der Waals surface area contributed by atoms with E-state index in [4.69, 9.17) is 4.42 Å². The van der Waals surface area contributed by atoms with Gasteiger partial charge in [-0.3, -0.25) is 14.4 Å². The molecule has 202 valence electrons. The number of benzene rings is 2. The van der Waals surface area contributed by atoms with Crippen LogP contribution in [0.3, 0.4) is 0 Å². The van der Waals surface area contributed by atoms with Crippen LogP contribution in [0.15, 0.2) is 71.5 Å². The summed E-state index contributed by atoms with van der Waals surface area (Å²) in [6.07, 6.45) is 9.74. The van der Waals surface area contributed by atoms with Gasteiger partial charge in [-0.05, 0) is 42.9 Å². The highest BCUT2D eigenvalue weighted by atomic mass is 16.4. The Labute approximate surface area is 226 Å². The Bertz CT molecular complexity index is 1360. The van der Waals surface area contributed by atoms with Crippen molar-refractivity contribution in [3.63, 3.8) is 0 Å². The molecule has 2 amide bonds. The first-order chi connectivity index (χ1) is 19.1. The second-order valence-corrected chi connectivity index (χ2v) is 10.2. The van der Waals surface area contributed by atoms with Gasteiger partial charge in [0.1, 0.15) is 17.3 Å². The van der Waals surface area contributed by atoms with Crippen LogP contribution in [0.1, 0.15) is 71.7 Å². The summed E-state index contributed by atoms with van der Waals surface area (Å²) in [6, 6.07) is 15.3. The molecule has 1 aliphatic rings. The third-order valence-electron chi connectivity index (χ3n) is 7.36. The number of Topliss-reactive ketones (excluding diaryl/α,β-unsaturated/α-hetero) is 1. The van der Waals surface area contributed by atoms with Crippen LogP contribution < -0.4 is 10.6 Å². The molecule has 39 heavy (non-hydrogen) atoms. The lowest BCUT2D eigenvalue weighted by Gasteiger charge is -2.27. The monoisotopic (exact) mass is 527 g/mol. The highest BCUT2D eigenvalue weighted by molar-refractivity contribution is 6.01. The number of ketones is 1. The van der Waals surface area contributed by atoms with Gasteiger partial charge in [-0.25, -0.2) is 9.97 Å². The maximum absolute atomic E-state index is 13.7. The minimum atomic E-state index is -0.872. The summed E-state index contributed by atoms with van der Waals surface area (Å²) in [5.74, 6) is -0.913. The van der Waals surface area contributed by atoms with Crippen molar-refractivity contribution in [3.8, 4) is 0 Å². The molecule has 2 aromatic carbocycles. The van der Waals surface area contributed by atoms with Crippen LogP contribution in [-0.2, 0) is 11.2 Å². The number of carbonyl (C=O) groups excluding carboxylic acids is 3. The molecule has 4 aromatic rings. The first kappa shape index (κ1) is 26.3. The molecule has 5 rings (SSSR count). The predicted molar refractivity (Wildman–Crippen MR) is 146 cm³/mol. The van der Waals surface area contributed by atoms with Gasteiger partial charge in [0.2, 0.25) is 11.7 Å². The third kappa shape index (κ3) is 6.79. The molecule has 3 N–H and O–H groups in total. The van der Waals surface area contributed by atoms with Crippen LogP contribution in [0.4, 0.5) is 0 Å². The Morgan fingerprint density at radius 2 is 1.72 bits per heavy atom. The van der Waals surface area contributed by atoms with Crippen molar-refractivity contribution in [2.75, 3.05) is 0 Å². The first-order valence-electron chi connectivity index (χ1n) is 13.6. The van der Waals surface area contributed by atoms with Gasteiger partial charge in [-0.2, -0.15) is 0 Å². The Morgan fingerprint density at radius 3 is 2.46 bits per heavy atom. The lowest BCUT2D eigenvalue weighted by Crippen LogP contribution is -2.52. The maximum Gasteiger partial charge on any atom is 0.269 e. The number of imidazole rings is 1. The second-order valence-electron chi connectivity index (χ2n) is 10.2. The summed E-state index contributed by atoms with van der Waals surface area (Å²) < 4.78 is 5.75. The van der Waals surface area contributed by atoms with Crippen molar-refractivity contribution in [2.24, 2.45) is 5.92 Å². The highest BCUT2D eigenvalue weighted by Crippen LogP contribution is 2.27. The molecular weight excluding hydrogens is 494 g/mol. The topological polar surface area (TPSA) is 130 Å². The number of oxazole rings is 1. The van der Waals surface area contributed by atoms with E-state index in [9.17, 15) is 14.4 Å². The molecular formula is C30H33N5O4. The zero-order valence-corrected chi connectivity index (χ0v) is 21.8. The Hall–Kier alpha value is -4.27. The van der Waals surface area contributed by atoms with E-state index >= 15 is 0 Å². The SMILES string of the molecule is O=C(N[C@@H](CC1CCCCC1)C(=O)N[C@@H](CCc1ccccc1)C(=O)c1nc2ccccc2o1)c1cnc[nH]1. The van der Waals surface area contributed by atoms with Crippen LogP contribution in [0.2, 0.25) is 0 Å². The summed E-state index contributed by atoms with van der Waals surface area (Å²) in [5.41, 5.74) is 2.42. The largest absolute Gasteiger partial charge is 0.434 e. The van der Waals surface area contributed by atoms with Crippen LogP contribution in [0.5, 0.6) is 0 Å². The number of hydrogen-bond acceptors (Lipinski definition) is 6. The first-order valence-corrected chi connectivity index (χ1v) is 13.6. The summed E-state index contributed by atoms with van der Waals surface area (Å²) in [6.45, 7) is 0. The average molecular weight is 528 g/mol. The van der Waals surface area contributed by atoms with Crippen molar-refractivity contribution < 1.29 is 18.8 Å². The quantitative estimate of drug-likeness (QED) is 0.244. The Morgan fingerprint density at radius 1 is 0.949 bits per heavy atom. The number of aromatic amines is 1. The molecule has 2 atom stereocenters. The lowest BCUT2D eigenvalue weighted by molar-refractivity contribution is -0.124. The number of amides is 2. The normalized spacial score (nSPS) is 15.5. The van der Waals surface area contributed by atoms with Crippen molar-refractivity contribution in [1.82, 2.24) is 25.6 Å². The lowest BCUT2D eigenvalue weighted by atomic mass is 9.84. The smallest absolute Gasteiger partial charge is 0.269 e. The highest BCUT2D eigenvalue weighted by Gasteiger charge is 2.32. The number of H-pyrrole nitrogens is 1. The summed E-state index contributed by atoms with van der Waals surface area (Å²) >= 11 is 0. The van der Waals surface area contributed by atoms with Gasteiger partial charge in [0.05, 0.1) is 18.6 Å². The zero-order chi connectivity index (χ0) is 27.0. The number of aryl methyl sites for hydroxylation is 1. The number of nitrogens with one attached hydrogen (secondary N) is 3. The van der Waals surface area contributed by atoms with Gasteiger partial charge in [-0.1, -0.05) is 74.6 Å². The van der Waals surface area contributed by atoms with Crippen molar-refractivity contribution in [2.45, 2.75) is 63.5 Å². The van der Waals surface area contributed by atoms with E-state index in [0.29, 0.717) is 36.3 Å². The standard InChI is InChI=1S/C30H33N5O4/c36-27(30-35-22-13-7-8-14-26(22)39-30)23(16-15-20-9-3-1-4-10-20)33-28(37)24(17-21-11-5-2-6-12-21)34-29(38)25-18-31-19-32-25/h1,3-4,7-10,13-14,18-19,21,23-24H,2,5-6,11-12,15-17H2,(H,31,32)(H,33,37)(H,34,38)/t23-,24-/m0/s1. The molecule has 1 fully saturated rings. The molecule has 0 aliphatic heterocycles. The second kappa shape index (κ2) is 12.5. The Balaban J connectivity index is 1.36. The van der Waals surface area contributed by atoms with E-state index in [2.05, 4.69) is 25.6 Å². The van der Waals surface area contributed by atoms with Gasteiger partial charge in [0.25, 0.3) is 11.8 Å². The number of carbonyl (C=O) groups is 3. The number of hydrogen-bond donors (Lipinski definition) is 3. The van der Waals surface area contributed by atoms with Gasteiger partial charge in [0.15, 0.2) is 5.58 Å². The molecule has 2 aromatic heterocycles. The predicted octanol–water partition coefficient (Wildman–Crippen LogP) is 4.62. The molecule has 0 spiro atoms. The van der Waals surface area contributed by atoms with Crippen LogP contribution in [0, 0.1) is 5.92 Å². The Kier molecular flexibility index (Phi) is 8.45. The van der Waals surface area contributed by atoms with Gasteiger partial charge in [-0.15, -0.1) is 0 Å². The summed E-state index contributed by atoms with van der Waals surface area (Å²) in [7, 11) is 0. The molecule has 0 bridgehead atoms. The van der Waals surface area contributed by atoms with Crippen LogP contribution >= 0.6 is 0 Å². The fourth-order valence-corrected chi connectivity index (χ4v) is 5.23. The third-order valence-corrected chi connectivity index (χ3v) is 7.36. The van der Waals surface area contributed by atoms with E-state index in [-0.39, 0.29) is 11.6 Å². The van der Waals surface area contributed by atoms with Crippen LogP contribution in [-0.4, -0.2) is 44.6 Å². The van der Waals surface area contributed by atoms with E-state index in [1.807, 2.05) is 42.5 Å². The van der Waals surface area contributed by atoms with E-state index < -0.39 is 29.7 Å². The van der Waals surface area contributed by atoms with Gasteiger partial charge < -0.3 is 20.0 Å². The number of aromatic nitrogens is 3. The molecule has 2 heterocycles. The summed E-state index contributed by atoms with van der Waals surface area (Å²) in [4.78, 5) is 51.2. The van der Waals surface area contributed by atoms with E-state index in [0.717, 1.165) is 31.2 Å². The summed E-state index contributed by atoms with van der Waals surface area (Å²) in [5, 5.41) is 5.81. The number of fused-ring (bicyclic) bond motifs is 1. The van der Waals surface area contributed by atoms with Crippen molar-refractivity contribution in [3.05, 3.63) is 84.3 Å². The molecule has 9 heteroatoms. The molecule has 1 saturated carbocycles. The number of para-hydroxylation sites is 2. The molecule has 0 unspecified atom stereocenters. The van der Waals surface area contributed by atoms with Gasteiger partial charge in [0, 0.05) is 0 Å². The number of nitrogens with zero attached hydrogens (tertiary/aromatic N) is 2. The van der Waals surface area contributed by atoms with Crippen molar-refractivity contribution >= 4 is 28.7 Å². The molecule has 1 aliphatic carbocycles. The fraction of sp³-hybridized carbons (Fsp3) is 0.367. The zero-order valence-electron chi connectivity index (χ0n) is 21.8. The van der Waals surface area contributed by atoms with E-state index in [1.54, 1.807) is 12.1 Å². The minimum absolute atomic E-state index is 0.0418. The van der Waals surface area contributed by atoms with Crippen molar-refractivity contribution in [1.29, 1.82) is 0 Å². The number of rotatable bonds is 11.